The highest BCUT2D eigenvalue weighted by atomic mass is 19.1. The lowest BCUT2D eigenvalue weighted by Gasteiger charge is -2.14. The second-order valence-corrected chi connectivity index (χ2v) is 3.19. The van der Waals surface area contributed by atoms with Crippen LogP contribution in [0.15, 0.2) is 18.2 Å². The Hall–Kier alpha value is -1.00. The van der Waals surface area contributed by atoms with Crippen molar-refractivity contribution in [3.8, 4) is 0 Å². The van der Waals surface area contributed by atoms with E-state index < -0.39 is 11.6 Å². The summed E-state index contributed by atoms with van der Waals surface area (Å²) in [5.41, 5.74) is 6.10. The molecule has 4 heteroatoms. The van der Waals surface area contributed by atoms with Gasteiger partial charge in [0.1, 0.15) is 11.6 Å². The Bertz CT molecular complexity index is 282. The maximum Gasteiger partial charge on any atom is 0.126 e. The predicted molar refractivity (Wildman–Crippen MR) is 52.1 cm³/mol. The lowest BCUT2D eigenvalue weighted by molar-refractivity contribution is 0.567. The Balaban J connectivity index is 2.91. The molecule has 0 saturated heterocycles. The Morgan fingerprint density at radius 1 is 1.29 bits per heavy atom. The van der Waals surface area contributed by atoms with Crippen LogP contribution in [0.2, 0.25) is 0 Å². The fourth-order valence-electron chi connectivity index (χ4n) is 1.39. The molecule has 0 aliphatic carbocycles. The molecule has 1 aromatic rings. The number of likely N-dealkylation sites (N-methyl/N-ethyl adjacent to an activating group) is 1. The summed E-state index contributed by atoms with van der Waals surface area (Å²) in [5.74, 6) is -1.17. The zero-order valence-electron chi connectivity index (χ0n) is 8.06. The minimum atomic E-state index is -0.561. The molecule has 0 heterocycles. The molecule has 1 aromatic carbocycles. The van der Waals surface area contributed by atoms with Gasteiger partial charge in [-0.15, -0.1) is 0 Å². The van der Waals surface area contributed by atoms with Crippen LogP contribution in [0.3, 0.4) is 0 Å². The van der Waals surface area contributed by atoms with Crippen molar-refractivity contribution in [1.29, 1.82) is 0 Å². The minimum absolute atomic E-state index is 0.0507. The summed E-state index contributed by atoms with van der Waals surface area (Å²) in [7, 11) is 1.78. The maximum absolute atomic E-state index is 12.9. The average Bonchev–Trinajstić information content (AvgIpc) is 2.12. The number of hydrogen-bond acceptors (Lipinski definition) is 2. The molecule has 1 rings (SSSR count). The van der Waals surface area contributed by atoms with E-state index in [2.05, 4.69) is 5.32 Å². The van der Waals surface area contributed by atoms with Gasteiger partial charge in [-0.1, -0.05) is 0 Å². The Kier molecular flexibility index (Phi) is 3.98. The van der Waals surface area contributed by atoms with E-state index >= 15 is 0 Å². The van der Waals surface area contributed by atoms with Crippen LogP contribution in [-0.4, -0.2) is 20.1 Å². The molecule has 0 aliphatic heterocycles. The molecule has 0 saturated carbocycles. The zero-order valence-corrected chi connectivity index (χ0v) is 8.06. The predicted octanol–water partition coefficient (Wildman–Crippen LogP) is 1.23. The second-order valence-electron chi connectivity index (χ2n) is 3.19. The van der Waals surface area contributed by atoms with Gasteiger partial charge in [-0.3, -0.25) is 0 Å². The van der Waals surface area contributed by atoms with Crippen LogP contribution in [0.5, 0.6) is 0 Å². The van der Waals surface area contributed by atoms with Gasteiger partial charge in [-0.25, -0.2) is 8.78 Å². The first-order valence-corrected chi connectivity index (χ1v) is 4.48. The number of rotatable bonds is 4. The molecular formula is C10H14F2N2. The van der Waals surface area contributed by atoms with Gasteiger partial charge in [0.2, 0.25) is 0 Å². The molecule has 0 radical (unpaired) electrons. The SMILES string of the molecule is CNCC(CN)c1cc(F)cc(F)c1. The third kappa shape index (κ3) is 2.75. The van der Waals surface area contributed by atoms with Crippen molar-refractivity contribution < 1.29 is 8.78 Å². The highest BCUT2D eigenvalue weighted by Gasteiger charge is 2.10. The van der Waals surface area contributed by atoms with Gasteiger partial charge in [0.25, 0.3) is 0 Å². The van der Waals surface area contributed by atoms with Crippen LogP contribution in [0.1, 0.15) is 11.5 Å². The van der Waals surface area contributed by atoms with Crippen molar-refractivity contribution in [3.63, 3.8) is 0 Å². The van der Waals surface area contributed by atoms with Crippen LogP contribution in [0.25, 0.3) is 0 Å². The largest absolute Gasteiger partial charge is 0.330 e. The summed E-state index contributed by atoms with van der Waals surface area (Å²) in [6.45, 7) is 0.975. The van der Waals surface area contributed by atoms with Crippen LogP contribution < -0.4 is 11.1 Å². The number of hydrogen-bond donors (Lipinski definition) is 2. The highest BCUT2D eigenvalue weighted by molar-refractivity contribution is 5.22. The Morgan fingerprint density at radius 3 is 2.29 bits per heavy atom. The number of nitrogens with one attached hydrogen (secondary N) is 1. The molecule has 0 amide bonds. The summed E-state index contributed by atoms with van der Waals surface area (Å²) in [5, 5.41) is 2.93. The van der Waals surface area contributed by atoms with Gasteiger partial charge >= 0.3 is 0 Å². The molecule has 14 heavy (non-hydrogen) atoms. The summed E-state index contributed by atoms with van der Waals surface area (Å²) < 4.78 is 25.7. The van der Waals surface area contributed by atoms with Gasteiger partial charge in [-0.2, -0.15) is 0 Å². The molecule has 0 bridgehead atoms. The van der Waals surface area contributed by atoms with Crippen LogP contribution in [0.4, 0.5) is 8.78 Å². The van der Waals surface area contributed by atoms with E-state index in [-0.39, 0.29) is 5.92 Å². The summed E-state index contributed by atoms with van der Waals surface area (Å²) >= 11 is 0. The zero-order chi connectivity index (χ0) is 10.6. The third-order valence-corrected chi connectivity index (χ3v) is 2.09. The molecule has 0 aliphatic rings. The van der Waals surface area contributed by atoms with Crippen molar-refractivity contribution in [2.75, 3.05) is 20.1 Å². The van der Waals surface area contributed by atoms with Crippen LogP contribution >= 0.6 is 0 Å². The van der Waals surface area contributed by atoms with E-state index in [9.17, 15) is 8.78 Å². The smallest absolute Gasteiger partial charge is 0.126 e. The normalized spacial score (nSPS) is 12.9. The van der Waals surface area contributed by atoms with Crippen LogP contribution in [0, 0.1) is 11.6 Å². The standard InChI is InChI=1S/C10H14F2N2/c1-14-6-8(5-13)7-2-9(11)4-10(12)3-7/h2-4,8,14H,5-6,13H2,1H3. The molecule has 78 valence electrons. The van der Waals surface area contributed by atoms with Crippen molar-refractivity contribution in [1.82, 2.24) is 5.32 Å². The summed E-state index contributed by atoms with van der Waals surface area (Å²) in [6.07, 6.45) is 0. The van der Waals surface area contributed by atoms with Crippen LogP contribution in [-0.2, 0) is 0 Å². The third-order valence-electron chi connectivity index (χ3n) is 2.09. The van der Waals surface area contributed by atoms with E-state index in [1.165, 1.54) is 12.1 Å². The number of halogens is 2. The van der Waals surface area contributed by atoms with E-state index in [1.54, 1.807) is 7.05 Å². The molecule has 0 aromatic heterocycles. The first-order valence-electron chi connectivity index (χ1n) is 4.48. The average molecular weight is 200 g/mol. The topological polar surface area (TPSA) is 38.0 Å². The molecule has 0 spiro atoms. The molecular weight excluding hydrogens is 186 g/mol. The highest BCUT2D eigenvalue weighted by Crippen LogP contribution is 2.16. The molecule has 1 atom stereocenters. The fraction of sp³-hybridized carbons (Fsp3) is 0.400. The van der Waals surface area contributed by atoms with Crippen molar-refractivity contribution in [3.05, 3.63) is 35.4 Å². The van der Waals surface area contributed by atoms with Gasteiger partial charge < -0.3 is 11.1 Å². The first kappa shape index (κ1) is 11.1. The van der Waals surface area contributed by atoms with E-state index in [1.807, 2.05) is 0 Å². The van der Waals surface area contributed by atoms with Gasteiger partial charge in [-0.05, 0) is 24.7 Å². The summed E-state index contributed by atoms with van der Waals surface area (Å²) in [6, 6.07) is 3.49. The lowest BCUT2D eigenvalue weighted by Crippen LogP contribution is -2.24. The monoisotopic (exact) mass is 200 g/mol. The Labute approximate surface area is 82.1 Å². The van der Waals surface area contributed by atoms with Gasteiger partial charge in [0.15, 0.2) is 0 Å². The van der Waals surface area contributed by atoms with Gasteiger partial charge in [0.05, 0.1) is 0 Å². The van der Waals surface area contributed by atoms with Crippen molar-refractivity contribution in [2.45, 2.75) is 5.92 Å². The molecule has 1 unspecified atom stereocenters. The van der Waals surface area contributed by atoms with E-state index in [0.29, 0.717) is 18.7 Å². The number of benzene rings is 1. The fourth-order valence-corrected chi connectivity index (χ4v) is 1.39. The van der Waals surface area contributed by atoms with E-state index in [0.717, 1.165) is 6.07 Å². The second kappa shape index (κ2) is 5.02. The minimum Gasteiger partial charge on any atom is -0.330 e. The molecule has 3 N–H and O–H groups in total. The maximum atomic E-state index is 12.9. The summed E-state index contributed by atoms with van der Waals surface area (Å²) in [4.78, 5) is 0. The van der Waals surface area contributed by atoms with Gasteiger partial charge in [0, 0.05) is 25.1 Å². The van der Waals surface area contributed by atoms with Crippen molar-refractivity contribution in [2.24, 2.45) is 5.73 Å². The lowest BCUT2D eigenvalue weighted by atomic mass is 9.99. The number of nitrogens with two attached hydrogens (primary N) is 1. The quantitative estimate of drug-likeness (QED) is 0.767. The molecule has 2 nitrogen and oxygen atoms in total. The first-order chi connectivity index (χ1) is 6.67. The Morgan fingerprint density at radius 2 is 1.86 bits per heavy atom. The van der Waals surface area contributed by atoms with E-state index in [4.69, 9.17) is 5.73 Å². The molecule has 0 fully saturated rings. The van der Waals surface area contributed by atoms with Crippen molar-refractivity contribution >= 4 is 0 Å².